The number of aromatic hydroxyl groups is 1. The van der Waals surface area contributed by atoms with Crippen molar-refractivity contribution in [2.75, 3.05) is 79.3 Å². The van der Waals surface area contributed by atoms with E-state index in [1.165, 1.54) is 0 Å². The van der Waals surface area contributed by atoms with Gasteiger partial charge in [-0.1, -0.05) is 18.2 Å². The molecule has 1 aliphatic heterocycles. The van der Waals surface area contributed by atoms with Crippen molar-refractivity contribution in [1.82, 2.24) is 0 Å². The van der Waals surface area contributed by atoms with Gasteiger partial charge in [0.15, 0.2) is 0 Å². The van der Waals surface area contributed by atoms with Crippen molar-refractivity contribution < 1.29 is 33.5 Å². The van der Waals surface area contributed by atoms with Gasteiger partial charge in [-0.25, -0.2) is 0 Å². The minimum atomic E-state index is 0. The van der Waals surface area contributed by atoms with E-state index < -0.39 is 0 Å². The number of benzene rings is 1. The number of hydrogen-bond acceptors (Lipinski definition) is 7. The first kappa shape index (κ1) is 26.4. The van der Waals surface area contributed by atoms with E-state index in [1.807, 2.05) is 6.07 Å². The van der Waals surface area contributed by atoms with Gasteiger partial charge in [0.05, 0.1) is 79.3 Å². The quantitative estimate of drug-likeness (QED) is 0.649. The summed E-state index contributed by atoms with van der Waals surface area (Å²) in [5.41, 5.74) is 0. The predicted octanol–water partition coefficient (Wildman–Crippen LogP) is 0.843. The molecule has 1 fully saturated rings. The summed E-state index contributed by atoms with van der Waals surface area (Å²) in [6, 6.07) is 8.71. The molecule has 0 aromatic heterocycles. The molecule has 2 rings (SSSR count). The van der Waals surface area contributed by atoms with Crippen LogP contribution in [0.5, 0.6) is 5.75 Å². The summed E-state index contributed by atoms with van der Waals surface area (Å²) < 4.78 is 32.0. The van der Waals surface area contributed by atoms with E-state index >= 15 is 0 Å². The van der Waals surface area contributed by atoms with E-state index in [4.69, 9.17) is 33.5 Å². The Morgan fingerprint density at radius 2 is 0.692 bits per heavy atom. The van der Waals surface area contributed by atoms with Gasteiger partial charge in [0, 0.05) is 0 Å². The van der Waals surface area contributed by atoms with E-state index in [0.29, 0.717) is 85.0 Å². The summed E-state index contributed by atoms with van der Waals surface area (Å²) in [4.78, 5) is 0. The molecule has 0 bridgehead atoms. The molecule has 1 aromatic rings. The monoisotopic (exact) mass is 398 g/mol. The van der Waals surface area contributed by atoms with Crippen LogP contribution in [0.3, 0.4) is 0 Å². The molecule has 8 heteroatoms. The molecule has 0 radical (unpaired) electrons. The van der Waals surface area contributed by atoms with E-state index in [1.54, 1.807) is 24.3 Å². The van der Waals surface area contributed by atoms with Gasteiger partial charge in [0.1, 0.15) is 5.75 Å². The normalized spacial score (nSPS) is 18.9. The SMILES string of the molecule is C1COCCOCCOCCOCCOCCO1.Oc1ccccc1.[KH]. The van der Waals surface area contributed by atoms with Gasteiger partial charge in [-0.05, 0) is 12.1 Å². The minimum absolute atomic E-state index is 0. The summed E-state index contributed by atoms with van der Waals surface area (Å²) >= 11 is 0. The van der Waals surface area contributed by atoms with Gasteiger partial charge >= 0.3 is 51.4 Å². The molecule has 0 unspecified atom stereocenters. The predicted molar refractivity (Wildman–Crippen MR) is 100 cm³/mol. The molecule has 146 valence electrons. The Balaban J connectivity index is 0.000000655. The van der Waals surface area contributed by atoms with Crippen molar-refractivity contribution in [2.24, 2.45) is 0 Å². The Hall–Kier alpha value is 0.416. The van der Waals surface area contributed by atoms with E-state index in [9.17, 15) is 0 Å². The van der Waals surface area contributed by atoms with Gasteiger partial charge in [0.2, 0.25) is 0 Å². The Bertz CT molecular complexity index is 306. The fourth-order valence-corrected chi connectivity index (χ4v) is 1.75. The number of hydrogen-bond donors (Lipinski definition) is 1. The first-order valence-electron chi connectivity index (χ1n) is 8.60. The van der Waals surface area contributed by atoms with Gasteiger partial charge in [0.25, 0.3) is 0 Å². The molecular weight excluding hydrogens is 367 g/mol. The fraction of sp³-hybridized carbons (Fsp3) is 0.667. The fourth-order valence-electron chi connectivity index (χ4n) is 1.75. The van der Waals surface area contributed by atoms with Crippen LogP contribution in [0.15, 0.2) is 30.3 Å². The van der Waals surface area contributed by atoms with Crippen molar-refractivity contribution in [3.8, 4) is 5.75 Å². The zero-order chi connectivity index (χ0) is 17.8. The zero-order valence-corrected chi connectivity index (χ0v) is 14.8. The molecule has 1 aromatic carbocycles. The second-order valence-electron chi connectivity index (χ2n) is 5.01. The maximum absolute atomic E-state index is 8.63. The standard InChI is InChI=1S/C12H24O6.C6H6O.K.H/c1-2-14-5-6-16-9-10-18-12-11-17-8-7-15-4-3-13-1;7-6-4-2-1-3-5-6;;/h1-12H2;1-5,7H;;. The van der Waals surface area contributed by atoms with E-state index in [2.05, 4.69) is 0 Å². The van der Waals surface area contributed by atoms with Crippen LogP contribution in [0.1, 0.15) is 0 Å². The summed E-state index contributed by atoms with van der Waals surface area (Å²) in [6.07, 6.45) is 0. The van der Waals surface area contributed by atoms with Crippen LogP contribution in [0.2, 0.25) is 0 Å². The van der Waals surface area contributed by atoms with Crippen LogP contribution >= 0.6 is 0 Å². The average Bonchev–Trinajstić information content (AvgIpc) is 2.63. The van der Waals surface area contributed by atoms with Crippen LogP contribution in [0, 0.1) is 0 Å². The number of phenols is 1. The third-order valence-corrected chi connectivity index (χ3v) is 2.99. The van der Waals surface area contributed by atoms with Crippen LogP contribution in [-0.4, -0.2) is 136 Å². The molecule has 26 heavy (non-hydrogen) atoms. The topological polar surface area (TPSA) is 75.6 Å². The van der Waals surface area contributed by atoms with Crippen LogP contribution in [0.25, 0.3) is 0 Å². The average molecular weight is 399 g/mol. The molecule has 1 N–H and O–H groups in total. The third-order valence-electron chi connectivity index (χ3n) is 2.99. The molecule has 1 saturated heterocycles. The number of phenolic OH excluding ortho intramolecular Hbond substituents is 1. The number of rotatable bonds is 0. The van der Waals surface area contributed by atoms with Crippen molar-refractivity contribution in [3.05, 3.63) is 30.3 Å². The summed E-state index contributed by atoms with van der Waals surface area (Å²) in [6.45, 7) is 7.04. The molecule has 1 aliphatic rings. The molecule has 7 nitrogen and oxygen atoms in total. The Morgan fingerprint density at radius 1 is 0.462 bits per heavy atom. The first-order chi connectivity index (χ1) is 12.4. The van der Waals surface area contributed by atoms with Crippen molar-refractivity contribution >= 4 is 51.4 Å². The number of para-hydroxylation sites is 1. The van der Waals surface area contributed by atoms with Crippen molar-refractivity contribution in [2.45, 2.75) is 0 Å². The second kappa shape index (κ2) is 21.7. The van der Waals surface area contributed by atoms with Crippen LogP contribution < -0.4 is 0 Å². The van der Waals surface area contributed by atoms with Crippen molar-refractivity contribution in [1.29, 1.82) is 0 Å². The van der Waals surface area contributed by atoms with Gasteiger partial charge in [-0.15, -0.1) is 0 Å². The van der Waals surface area contributed by atoms with Gasteiger partial charge in [-0.2, -0.15) is 0 Å². The first-order valence-corrected chi connectivity index (χ1v) is 8.60. The third kappa shape index (κ3) is 19.2. The molecule has 0 aliphatic carbocycles. The van der Waals surface area contributed by atoms with E-state index in [-0.39, 0.29) is 51.4 Å². The molecule has 0 atom stereocenters. The Kier molecular flexibility index (Phi) is 22.1. The molecule has 1 heterocycles. The molecule has 0 saturated carbocycles. The second-order valence-corrected chi connectivity index (χ2v) is 5.01. The van der Waals surface area contributed by atoms with Gasteiger partial charge < -0.3 is 33.5 Å². The Morgan fingerprint density at radius 3 is 0.846 bits per heavy atom. The molecule has 0 amide bonds. The van der Waals surface area contributed by atoms with E-state index in [0.717, 1.165) is 0 Å². The molecular formula is C18H31KO7. The number of ether oxygens (including phenoxy) is 6. The summed E-state index contributed by atoms with van der Waals surface area (Å²) in [5, 5.41) is 8.63. The van der Waals surface area contributed by atoms with Crippen LogP contribution in [0.4, 0.5) is 0 Å². The summed E-state index contributed by atoms with van der Waals surface area (Å²) in [7, 11) is 0. The maximum atomic E-state index is 8.63. The van der Waals surface area contributed by atoms with Gasteiger partial charge in [-0.3, -0.25) is 0 Å². The van der Waals surface area contributed by atoms with Crippen LogP contribution in [-0.2, 0) is 28.4 Å². The Labute approximate surface area is 198 Å². The zero-order valence-electron chi connectivity index (χ0n) is 14.8. The molecule has 0 spiro atoms. The van der Waals surface area contributed by atoms with Crippen molar-refractivity contribution in [3.63, 3.8) is 0 Å². The summed E-state index contributed by atoms with van der Waals surface area (Å²) in [5.74, 6) is 0.322.